The number of carbonyl (C=O) groups is 2. The Morgan fingerprint density at radius 2 is 1.96 bits per heavy atom. The van der Waals surface area contributed by atoms with Crippen LogP contribution < -0.4 is 0 Å². The summed E-state index contributed by atoms with van der Waals surface area (Å²) in [7, 11) is 0. The number of benzene rings is 1. The highest BCUT2D eigenvalue weighted by Gasteiger charge is 2.31. The lowest BCUT2D eigenvalue weighted by Gasteiger charge is -2.24. The first kappa shape index (κ1) is 19.5. The number of aliphatic carboxylic acids is 1. The van der Waals surface area contributed by atoms with Crippen molar-refractivity contribution in [3.8, 4) is 11.4 Å². The van der Waals surface area contributed by atoms with Gasteiger partial charge in [0.2, 0.25) is 0 Å². The number of hydrogen-bond donors (Lipinski definition) is 2. The van der Waals surface area contributed by atoms with Gasteiger partial charge in [-0.2, -0.15) is 13.2 Å². The predicted octanol–water partition coefficient (Wildman–Crippen LogP) is 3.34. The van der Waals surface area contributed by atoms with Gasteiger partial charge in [0.05, 0.1) is 5.56 Å². The highest BCUT2D eigenvalue weighted by atomic mass is 19.4. The van der Waals surface area contributed by atoms with E-state index in [9.17, 15) is 22.8 Å². The first-order valence-corrected chi connectivity index (χ1v) is 7.77. The molecule has 0 unspecified atom stereocenters. The second-order valence-corrected chi connectivity index (χ2v) is 6.06. The minimum absolute atomic E-state index is 0.0210. The smallest absolute Gasteiger partial charge is 0.416 e. The first-order chi connectivity index (χ1) is 12.0. The van der Waals surface area contributed by atoms with Crippen LogP contribution in [0.3, 0.4) is 0 Å². The Balaban J connectivity index is 2.40. The molecule has 0 aliphatic heterocycles. The summed E-state index contributed by atoms with van der Waals surface area (Å²) in [6.07, 6.45) is -4.49. The number of aromatic nitrogens is 2. The molecule has 2 rings (SSSR count). The number of halogens is 3. The number of amides is 1. The van der Waals surface area contributed by atoms with E-state index in [2.05, 4.69) is 9.97 Å². The van der Waals surface area contributed by atoms with Gasteiger partial charge >= 0.3 is 12.1 Å². The van der Waals surface area contributed by atoms with Crippen molar-refractivity contribution in [1.29, 1.82) is 0 Å². The molecular weight excluding hydrogens is 351 g/mol. The molecule has 6 nitrogen and oxygen atoms in total. The van der Waals surface area contributed by atoms with E-state index in [0.29, 0.717) is 5.69 Å². The molecule has 140 valence electrons. The van der Waals surface area contributed by atoms with Crippen molar-refractivity contribution in [2.75, 3.05) is 6.54 Å². The van der Waals surface area contributed by atoms with Crippen LogP contribution in [-0.4, -0.2) is 44.4 Å². The number of rotatable bonds is 5. The van der Waals surface area contributed by atoms with E-state index >= 15 is 0 Å². The maximum atomic E-state index is 12.9. The normalized spacial score (nSPS) is 11.7. The van der Waals surface area contributed by atoms with Gasteiger partial charge in [-0.05, 0) is 32.9 Å². The molecule has 0 aliphatic carbocycles. The molecule has 9 heteroatoms. The van der Waals surface area contributed by atoms with Crippen molar-refractivity contribution < 1.29 is 27.9 Å². The van der Waals surface area contributed by atoms with Crippen molar-refractivity contribution >= 4 is 11.9 Å². The molecule has 1 aromatic heterocycles. The summed E-state index contributed by atoms with van der Waals surface area (Å²) in [5.41, 5.74) is -0.325. The first-order valence-electron chi connectivity index (χ1n) is 7.77. The summed E-state index contributed by atoms with van der Waals surface area (Å²) < 4.78 is 38.6. The molecule has 0 bridgehead atoms. The molecule has 0 spiro atoms. The van der Waals surface area contributed by atoms with E-state index in [4.69, 9.17) is 5.11 Å². The van der Waals surface area contributed by atoms with Crippen LogP contribution in [0.5, 0.6) is 0 Å². The van der Waals surface area contributed by atoms with Crippen molar-refractivity contribution in [2.45, 2.75) is 33.0 Å². The highest BCUT2D eigenvalue weighted by Crippen LogP contribution is 2.31. The number of nitrogens with zero attached hydrogens (tertiary/aromatic N) is 2. The van der Waals surface area contributed by atoms with Crippen molar-refractivity contribution in [2.24, 2.45) is 0 Å². The van der Waals surface area contributed by atoms with Crippen molar-refractivity contribution in [3.05, 3.63) is 41.2 Å². The number of carboxylic acids is 1. The molecule has 26 heavy (non-hydrogen) atoms. The van der Waals surface area contributed by atoms with Gasteiger partial charge in [-0.3, -0.25) is 9.59 Å². The van der Waals surface area contributed by atoms with Crippen LogP contribution in [0.15, 0.2) is 24.3 Å². The summed E-state index contributed by atoms with van der Waals surface area (Å²) in [5.74, 6) is -1.66. The lowest BCUT2D eigenvalue weighted by Crippen LogP contribution is -2.41. The average Bonchev–Trinajstić information content (AvgIpc) is 2.93. The quantitative estimate of drug-likeness (QED) is 0.846. The molecule has 0 fully saturated rings. The molecule has 0 radical (unpaired) electrons. The Labute approximate surface area is 147 Å². The van der Waals surface area contributed by atoms with E-state index in [1.807, 2.05) is 0 Å². The van der Waals surface area contributed by atoms with Gasteiger partial charge < -0.3 is 15.0 Å². The minimum Gasteiger partial charge on any atom is -0.480 e. The number of imidazole rings is 1. The third-order valence-electron chi connectivity index (χ3n) is 3.74. The van der Waals surface area contributed by atoms with Gasteiger partial charge in [0, 0.05) is 17.3 Å². The third-order valence-corrected chi connectivity index (χ3v) is 3.74. The monoisotopic (exact) mass is 369 g/mol. The van der Waals surface area contributed by atoms with Crippen LogP contribution in [0.1, 0.15) is 35.6 Å². The number of H-pyrrole nitrogens is 1. The lowest BCUT2D eigenvalue weighted by atomic mass is 10.1. The SMILES string of the molecule is Cc1[nH]c(-c2cccc(C(F)(F)F)c2)nc1C(=O)N(CC(=O)O)C(C)C. The van der Waals surface area contributed by atoms with E-state index in [1.165, 1.54) is 12.1 Å². The molecule has 0 atom stereocenters. The molecule has 0 saturated carbocycles. The van der Waals surface area contributed by atoms with Crippen LogP contribution in [0.2, 0.25) is 0 Å². The van der Waals surface area contributed by atoms with Gasteiger partial charge in [0.1, 0.15) is 18.1 Å². The number of hydrogen-bond acceptors (Lipinski definition) is 3. The molecule has 0 saturated heterocycles. The maximum Gasteiger partial charge on any atom is 0.416 e. The van der Waals surface area contributed by atoms with E-state index in [-0.39, 0.29) is 23.1 Å². The fourth-order valence-corrected chi connectivity index (χ4v) is 2.42. The maximum absolute atomic E-state index is 12.9. The van der Waals surface area contributed by atoms with Gasteiger partial charge in [0.15, 0.2) is 0 Å². The Morgan fingerprint density at radius 3 is 2.50 bits per heavy atom. The van der Waals surface area contributed by atoms with Crippen molar-refractivity contribution in [1.82, 2.24) is 14.9 Å². The number of carbonyl (C=O) groups excluding carboxylic acids is 1. The molecule has 1 heterocycles. The molecule has 0 aliphatic rings. The number of nitrogens with one attached hydrogen (secondary N) is 1. The second kappa shape index (κ2) is 7.19. The average molecular weight is 369 g/mol. The Hall–Kier alpha value is -2.84. The summed E-state index contributed by atoms with van der Waals surface area (Å²) in [6, 6.07) is 4.19. The second-order valence-electron chi connectivity index (χ2n) is 6.06. The van der Waals surface area contributed by atoms with Gasteiger partial charge in [0.25, 0.3) is 5.91 Å². The zero-order valence-corrected chi connectivity index (χ0v) is 14.4. The Kier molecular flexibility index (Phi) is 5.38. The number of carboxylic acid groups (broad SMARTS) is 1. The number of aromatic amines is 1. The molecule has 2 N–H and O–H groups in total. The van der Waals surface area contributed by atoms with Crippen LogP contribution >= 0.6 is 0 Å². The van der Waals surface area contributed by atoms with Gasteiger partial charge in [-0.1, -0.05) is 12.1 Å². The molecule has 1 aromatic carbocycles. The fourth-order valence-electron chi connectivity index (χ4n) is 2.42. The van der Waals surface area contributed by atoms with Gasteiger partial charge in [-0.25, -0.2) is 4.98 Å². The fraction of sp³-hybridized carbons (Fsp3) is 0.353. The van der Waals surface area contributed by atoms with Crippen LogP contribution in [0.4, 0.5) is 13.2 Å². The zero-order valence-electron chi connectivity index (χ0n) is 14.4. The summed E-state index contributed by atoms with van der Waals surface area (Å²) in [6.45, 7) is 4.38. The number of aryl methyl sites for hydroxylation is 1. The van der Waals surface area contributed by atoms with Gasteiger partial charge in [-0.15, -0.1) is 0 Å². The third kappa shape index (κ3) is 4.22. The molecular formula is C17H18F3N3O3. The summed E-state index contributed by atoms with van der Waals surface area (Å²) in [5, 5.41) is 8.96. The standard InChI is InChI=1S/C17H18F3N3O3/c1-9(2)23(8-13(24)25)16(26)14-10(3)21-15(22-14)11-5-4-6-12(7-11)17(18,19)20/h4-7,9H,8H2,1-3H3,(H,21,22)(H,24,25). The van der Waals surface area contributed by atoms with Crippen molar-refractivity contribution in [3.63, 3.8) is 0 Å². The number of alkyl halides is 3. The van der Waals surface area contributed by atoms with E-state index in [1.54, 1.807) is 20.8 Å². The van der Waals surface area contributed by atoms with E-state index < -0.39 is 30.2 Å². The highest BCUT2D eigenvalue weighted by molar-refractivity contribution is 5.96. The van der Waals surface area contributed by atoms with Crippen LogP contribution in [0.25, 0.3) is 11.4 Å². The Morgan fingerprint density at radius 1 is 1.31 bits per heavy atom. The largest absolute Gasteiger partial charge is 0.480 e. The molecule has 2 aromatic rings. The minimum atomic E-state index is -4.49. The van der Waals surface area contributed by atoms with E-state index in [0.717, 1.165) is 17.0 Å². The zero-order chi connectivity index (χ0) is 19.6. The molecule has 1 amide bonds. The topological polar surface area (TPSA) is 86.3 Å². The van der Waals surface area contributed by atoms with Crippen LogP contribution in [0, 0.1) is 6.92 Å². The van der Waals surface area contributed by atoms with Crippen LogP contribution in [-0.2, 0) is 11.0 Å². The lowest BCUT2D eigenvalue weighted by molar-refractivity contribution is -0.138. The Bertz CT molecular complexity index is 828. The summed E-state index contributed by atoms with van der Waals surface area (Å²) >= 11 is 0. The predicted molar refractivity (Wildman–Crippen MR) is 87.6 cm³/mol. The summed E-state index contributed by atoms with van der Waals surface area (Å²) in [4.78, 5) is 31.6.